The first-order valence-corrected chi connectivity index (χ1v) is 5.78. The number of benzene rings is 1. The van der Waals surface area contributed by atoms with Gasteiger partial charge in [0, 0.05) is 12.1 Å². The highest BCUT2D eigenvalue weighted by molar-refractivity contribution is 5.79. The second-order valence-electron chi connectivity index (χ2n) is 4.62. The van der Waals surface area contributed by atoms with Gasteiger partial charge in [-0.25, -0.2) is 0 Å². The summed E-state index contributed by atoms with van der Waals surface area (Å²) in [6.07, 6.45) is 3.81. The molecule has 16 heavy (non-hydrogen) atoms. The zero-order chi connectivity index (χ0) is 11.5. The number of para-hydroxylation sites is 1. The summed E-state index contributed by atoms with van der Waals surface area (Å²) in [7, 11) is 0. The molecule has 0 bridgehead atoms. The molecule has 2 heteroatoms. The molecule has 2 nitrogen and oxygen atoms in total. The first-order valence-electron chi connectivity index (χ1n) is 5.78. The van der Waals surface area contributed by atoms with Crippen LogP contribution in [0.15, 0.2) is 36.5 Å². The Morgan fingerprint density at radius 2 is 1.94 bits per heavy atom. The van der Waals surface area contributed by atoms with Crippen molar-refractivity contribution < 1.29 is 4.73 Å². The zero-order valence-electron chi connectivity index (χ0n) is 9.81. The van der Waals surface area contributed by atoms with Crippen molar-refractivity contribution in [3.63, 3.8) is 0 Å². The fraction of sp³-hybridized carbons (Fsp3) is 0.357. The standard InChI is InChI=1S/C14H17NO/c1-11(2)7-8-12-9-10-15(16)14-6-4-3-5-13(12)14/h3-6,9-11H,7-8H2,1-2H3. The van der Waals surface area contributed by atoms with Crippen molar-refractivity contribution in [2.75, 3.05) is 0 Å². The molecule has 0 fully saturated rings. The Bertz CT molecular complexity index is 491. The Hall–Kier alpha value is -1.57. The number of hydrogen-bond donors (Lipinski definition) is 0. The van der Waals surface area contributed by atoms with Gasteiger partial charge < -0.3 is 5.21 Å². The van der Waals surface area contributed by atoms with Crippen LogP contribution in [0, 0.1) is 11.1 Å². The van der Waals surface area contributed by atoms with Gasteiger partial charge in [0.05, 0.1) is 5.39 Å². The second-order valence-corrected chi connectivity index (χ2v) is 4.62. The van der Waals surface area contributed by atoms with Crippen LogP contribution in [-0.4, -0.2) is 0 Å². The Kier molecular flexibility index (Phi) is 3.09. The summed E-state index contributed by atoms with van der Waals surface area (Å²) in [5.41, 5.74) is 2.04. The van der Waals surface area contributed by atoms with Gasteiger partial charge in [-0.3, -0.25) is 0 Å². The van der Waals surface area contributed by atoms with Crippen molar-refractivity contribution in [1.82, 2.24) is 0 Å². The van der Waals surface area contributed by atoms with E-state index in [2.05, 4.69) is 13.8 Å². The molecule has 0 atom stereocenters. The molecule has 0 amide bonds. The molecule has 0 aliphatic rings. The molecule has 0 aliphatic heterocycles. The third kappa shape index (κ3) is 2.16. The summed E-state index contributed by atoms with van der Waals surface area (Å²) >= 11 is 0. The van der Waals surface area contributed by atoms with Crippen LogP contribution in [0.1, 0.15) is 25.8 Å². The lowest BCUT2D eigenvalue weighted by Crippen LogP contribution is -2.26. The highest BCUT2D eigenvalue weighted by Crippen LogP contribution is 2.18. The SMILES string of the molecule is CC(C)CCc1cc[n+]([O-])c2ccccc12. The summed E-state index contributed by atoms with van der Waals surface area (Å²) in [5.74, 6) is 0.693. The molecule has 0 saturated carbocycles. The number of aromatic nitrogens is 1. The van der Waals surface area contributed by atoms with E-state index in [1.165, 1.54) is 5.56 Å². The molecule has 1 aromatic heterocycles. The molecular formula is C14H17NO. The quantitative estimate of drug-likeness (QED) is 0.571. The predicted octanol–water partition coefficient (Wildman–Crippen LogP) is 3.06. The molecule has 84 valence electrons. The van der Waals surface area contributed by atoms with E-state index in [4.69, 9.17) is 0 Å². The lowest BCUT2D eigenvalue weighted by Gasteiger charge is -2.08. The molecule has 0 radical (unpaired) electrons. The predicted molar refractivity (Wildman–Crippen MR) is 66.1 cm³/mol. The van der Waals surface area contributed by atoms with Crippen molar-refractivity contribution in [3.05, 3.63) is 47.3 Å². The molecule has 0 N–H and O–H groups in total. The van der Waals surface area contributed by atoms with E-state index in [0.29, 0.717) is 5.92 Å². The molecule has 1 heterocycles. The van der Waals surface area contributed by atoms with E-state index in [1.54, 1.807) is 6.20 Å². The van der Waals surface area contributed by atoms with Gasteiger partial charge in [-0.15, -0.1) is 0 Å². The summed E-state index contributed by atoms with van der Waals surface area (Å²) in [6, 6.07) is 9.74. The first kappa shape index (κ1) is 10.9. The number of aryl methyl sites for hydroxylation is 1. The van der Waals surface area contributed by atoms with Crippen LogP contribution in [0.3, 0.4) is 0 Å². The van der Waals surface area contributed by atoms with E-state index in [-0.39, 0.29) is 0 Å². The lowest BCUT2D eigenvalue weighted by atomic mass is 10.00. The van der Waals surface area contributed by atoms with E-state index >= 15 is 0 Å². The fourth-order valence-electron chi connectivity index (χ4n) is 1.93. The van der Waals surface area contributed by atoms with Crippen molar-refractivity contribution in [2.45, 2.75) is 26.7 Å². The zero-order valence-corrected chi connectivity index (χ0v) is 9.81. The summed E-state index contributed by atoms with van der Waals surface area (Å²) in [6.45, 7) is 4.44. The maximum atomic E-state index is 11.6. The van der Waals surface area contributed by atoms with Crippen LogP contribution < -0.4 is 4.73 Å². The Labute approximate surface area is 96.1 Å². The van der Waals surface area contributed by atoms with E-state index in [9.17, 15) is 5.21 Å². The monoisotopic (exact) mass is 215 g/mol. The minimum Gasteiger partial charge on any atom is -0.618 e. The number of nitrogens with zero attached hydrogens (tertiary/aromatic N) is 1. The summed E-state index contributed by atoms with van der Waals surface area (Å²) in [4.78, 5) is 0. The van der Waals surface area contributed by atoms with Crippen molar-refractivity contribution >= 4 is 10.9 Å². The van der Waals surface area contributed by atoms with Crippen molar-refractivity contribution in [2.24, 2.45) is 5.92 Å². The lowest BCUT2D eigenvalue weighted by molar-refractivity contribution is -0.577. The van der Waals surface area contributed by atoms with E-state index in [1.807, 2.05) is 30.3 Å². The average molecular weight is 215 g/mol. The van der Waals surface area contributed by atoms with Crippen molar-refractivity contribution in [1.29, 1.82) is 0 Å². The smallest absolute Gasteiger partial charge is 0.224 e. The molecule has 2 rings (SSSR count). The van der Waals surface area contributed by atoms with Gasteiger partial charge in [0.1, 0.15) is 0 Å². The van der Waals surface area contributed by atoms with Gasteiger partial charge >= 0.3 is 0 Å². The minimum absolute atomic E-state index is 0.693. The van der Waals surface area contributed by atoms with Crippen LogP contribution in [-0.2, 0) is 6.42 Å². The Morgan fingerprint density at radius 1 is 1.19 bits per heavy atom. The van der Waals surface area contributed by atoms with Crippen LogP contribution in [0.2, 0.25) is 0 Å². The maximum absolute atomic E-state index is 11.6. The molecule has 0 unspecified atom stereocenters. The summed E-state index contributed by atoms with van der Waals surface area (Å²) < 4.78 is 0.939. The number of fused-ring (bicyclic) bond motifs is 1. The van der Waals surface area contributed by atoms with Gasteiger partial charge in [-0.2, -0.15) is 4.73 Å². The number of pyridine rings is 1. The van der Waals surface area contributed by atoms with Gasteiger partial charge in [0.2, 0.25) is 5.52 Å². The third-order valence-corrected chi connectivity index (χ3v) is 2.89. The van der Waals surface area contributed by atoms with Crippen molar-refractivity contribution in [3.8, 4) is 0 Å². The average Bonchev–Trinajstić information content (AvgIpc) is 2.28. The summed E-state index contributed by atoms with van der Waals surface area (Å²) in [5, 5.41) is 12.7. The van der Waals surface area contributed by atoms with Crippen LogP contribution in [0.25, 0.3) is 10.9 Å². The van der Waals surface area contributed by atoms with Crippen LogP contribution >= 0.6 is 0 Å². The Morgan fingerprint density at radius 3 is 2.69 bits per heavy atom. The maximum Gasteiger partial charge on any atom is 0.224 e. The minimum atomic E-state index is 0.693. The number of hydrogen-bond acceptors (Lipinski definition) is 1. The van der Waals surface area contributed by atoms with Crippen LogP contribution in [0.5, 0.6) is 0 Å². The largest absolute Gasteiger partial charge is 0.618 e. The molecule has 0 spiro atoms. The van der Waals surface area contributed by atoms with Gasteiger partial charge in [-0.05, 0) is 30.4 Å². The van der Waals surface area contributed by atoms with Gasteiger partial charge in [0.25, 0.3) is 0 Å². The normalized spacial score (nSPS) is 11.2. The third-order valence-electron chi connectivity index (χ3n) is 2.89. The van der Waals surface area contributed by atoms with Gasteiger partial charge in [-0.1, -0.05) is 26.0 Å². The molecule has 2 aromatic rings. The highest BCUT2D eigenvalue weighted by atomic mass is 16.5. The van der Waals surface area contributed by atoms with Gasteiger partial charge in [0.15, 0.2) is 6.20 Å². The molecule has 1 aromatic carbocycles. The number of rotatable bonds is 3. The molecule has 0 saturated heterocycles. The molecular weight excluding hydrogens is 198 g/mol. The fourth-order valence-corrected chi connectivity index (χ4v) is 1.93. The topological polar surface area (TPSA) is 26.9 Å². The second kappa shape index (κ2) is 4.52. The highest BCUT2D eigenvalue weighted by Gasteiger charge is 2.08. The van der Waals surface area contributed by atoms with Crippen LogP contribution in [0.4, 0.5) is 0 Å². The van der Waals surface area contributed by atoms with E-state index in [0.717, 1.165) is 28.5 Å². The molecule has 0 aliphatic carbocycles. The van der Waals surface area contributed by atoms with E-state index < -0.39 is 0 Å². The Balaban J connectivity index is 2.42. The first-order chi connectivity index (χ1) is 7.68.